The zero-order valence-corrected chi connectivity index (χ0v) is 9.41. The lowest BCUT2D eigenvalue weighted by atomic mass is 10.1. The molecule has 1 rings (SSSR count). The van der Waals surface area contributed by atoms with Gasteiger partial charge in [0.2, 0.25) is 0 Å². The molecule has 80 valence electrons. The number of carbonyl (C=O) groups is 1. The summed E-state index contributed by atoms with van der Waals surface area (Å²) in [5, 5.41) is 0.441. The van der Waals surface area contributed by atoms with E-state index in [-0.39, 0.29) is 12.4 Å². The van der Waals surface area contributed by atoms with E-state index < -0.39 is 0 Å². The van der Waals surface area contributed by atoms with Crippen molar-refractivity contribution < 1.29 is 9.53 Å². The van der Waals surface area contributed by atoms with Gasteiger partial charge in [-0.05, 0) is 18.6 Å². The van der Waals surface area contributed by atoms with Gasteiger partial charge in [0.25, 0.3) is 0 Å². The number of carbonyl (C=O) groups excluding carboxylic acids is 1. The zero-order valence-electron chi connectivity index (χ0n) is 8.66. The summed E-state index contributed by atoms with van der Waals surface area (Å²) in [6.07, 6.45) is 5.37. The SMILES string of the molecule is COC(=O)CC=Cc1c(C)ccnc1Cl. The maximum Gasteiger partial charge on any atom is 0.309 e. The number of rotatable bonds is 3. The van der Waals surface area contributed by atoms with Gasteiger partial charge in [-0.3, -0.25) is 4.79 Å². The van der Waals surface area contributed by atoms with Crippen LogP contribution in [0.1, 0.15) is 17.5 Å². The summed E-state index contributed by atoms with van der Waals surface area (Å²) in [4.78, 5) is 14.8. The number of aryl methyl sites for hydroxylation is 1. The normalized spacial score (nSPS) is 10.6. The molecule has 0 aliphatic carbocycles. The van der Waals surface area contributed by atoms with Crippen LogP contribution in [0.4, 0.5) is 0 Å². The highest BCUT2D eigenvalue weighted by Gasteiger charge is 2.01. The van der Waals surface area contributed by atoms with Crippen LogP contribution in [0, 0.1) is 6.92 Å². The lowest BCUT2D eigenvalue weighted by Gasteiger charge is -2.01. The van der Waals surface area contributed by atoms with Crippen LogP contribution in [0.15, 0.2) is 18.3 Å². The fraction of sp³-hybridized carbons (Fsp3) is 0.273. The van der Waals surface area contributed by atoms with Gasteiger partial charge < -0.3 is 4.74 Å². The first-order chi connectivity index (χ1) is 7.15. The molecule has 0 atom stereocenters. The van der Waals surface area contributed by atoms with E-state index in [0.29, 0.717) is 5.15 Å². The Morgan fingerprint density at radius 2 is 2.40 bits per heavy atom. The highest BCUT2D eigenvalue weighted by Crippen LogP contribution is 2.18. The first-order valence-electron chi connectivity index (χ1n) is 4.49. The summed E-state index contributed by atoms with van der Waals surface area (Å²) in [5.41, 5.74) is 1.86. The van der Waals surface area contributed by atoms with E-state index in [2.05, 4.69) is 9.72 Å². The second kappa shape index (κ2) is 5.51. The molecular formula is C11H12ClNO2. The largest absolute Gasteiger partial charge is 0.469 e. The second-order valence-electron chi connectivity index (χ2n) is 3.01. The second-order valence-corrected chi connectivity index (χ2v) is 3.37. The standard InChI is InChI=1S/C11H12ClNO2/c1-8-6-7-13-11(12)9(8)4-3-5-10(14)15-2/h3-4,6-7H,5H2,1-2H3. The average molecular weight is 226 g/mol. The predicted molar refractivity (Wildman–Crippen MR) is 59.7 cm³/mol. The number of halogens is 1. The van der Waals surface area contributed by atoms with E-state index >= 15 is 0 Å². The molecule has 1 aromatic heterocycles. The van der Waals surface area contributed by atoms with E-state index in [4.69, 9.17) is 11.6 Å². The molecule has 3 nitrogen and oxygen atoms in total. The van der Waals surface area contributed by atoms with Crippen molar-refractivity contribution in [2.24, 2.45) is 0 Å². The molecule has 0 N–H and O–H groups in total. The Labute approximate surface area is 93.7 Å². The Morgan fingerprint density at radius 1 is 1.67 bits per heavy atom. The summed E-state index contributed by atoms with van der Waals surface area (Å²) < 4.78 is 4.51. The van der Waals surface area contributed by atoms with Crippen molar-refractivity contribution in [2.75, 3.05) is 7.11 Å². The smallest absolute Gasteiger partial charge is 0.309 e. The Bertz CT molecular complexity index is 368. The zero-order chi connectivity index (χ0) is 11.3. The molecule has 0 amide bonds. The predicted octanol–water partition coefficient (Wildman–Crippen LogP) is 2.62. The van der Waals surface area contributed by atoms with Gasteiger partial charge in [-0.15, -0.1) is 0 Å². The lowest BCUT2D eigenvalue weighted by Crippen LogP contribution is -1.96. The molecule has 0 spiro atoms. The summed E-state index contributed by atoms with van der Waals surface area (Å²) in [6.45, 7) is 1.94. The van der Waals surface area contributed by atoms with Gasteiger partial charge >= 0.3 is 5.97 Å². The Kier molecular flexibility index (Phi) is 4.31. The number of ether oxygens (including phenoxy) is 1. The molecule has 0 aliphatic rings. The van der Waals surface area contributed by atoms with Crippen LogP contribution in [0.3, 0.4) is 0 Å². The van der Waals surface area contributed by atoms with E-state index in [1.165, 1.54) is 7.11 Å². The maximum atomic E-state index is 10.8. The molecule has 4 heteroatoms. The van der Waals surface area contributed by atoms with Gasteiger partial charge in [0.15, 0.2) is 0 Å². The van der Waals surface area contributed by atoms with Crippen molar-refractivity contribution in [3.63, 3.8) is 0 Å². The number of nitrogens with zero attached hydrogens (tertiary/aromatic N) is 1. The number of pyridine rings is 1. The van der Waals surface area contributed by atoms with Crippen LogP contribution in [0.2, 0.25) is 5.15 Å². The van der Waals surface area contributed by atoms with Gasteiger partial charge in [-0.25, -0.2) is 4.98 Å². The summed E-state index contributed by atoms with van der Waals surface area (Å²) in [6, 6.07) is 1.86. The quantitative estimate of drug-likeness (QED) is 0.586. The highest BCUT2D eigenvalue weighted by atomic mass is 35.5. The highest BCUT2D eigenvalue weighted by molar-refractivity contribution is 6.30. The maximum absolute atomic E-state index is 10.8. The van der Waals surface area contributed by atoms with Crippen LogP contribution in [0.5, 0.6) is 0 Å². The molecule has 0 unspecified atom stereocenters. The van der Waals surface area contributed by atoms with Crippen LogP contribution in [-0.2, 0) is 9.53 Å². The van der Waals surface area contributed by atoms with Gasteiger partial charge in [-0.2, -0.15) is 0 Å². The summed E-state index contributed by atoms with van der Waals surface area (Å²) in [7, 11) is 1.36. The minimum Gasteiger partial charge on any atom is -0.469 e. The minimum absolute atomic E-state index is 0.237. The first-order valence-corrected chi connectivity index (χ1v) is 4.87. The molecule has 0 bridgehead atoms. The van der Waals surface area contributed by atoms with Crippen molar-refractivity contribution in [2.45, 2.75) is 13.3 Å². The molecule has 0 saturated carbocycles. The monoisotopic (exact) mass is 225 g/mol. The van der Waals surface area contributed by atoms with E-state index in [0.717, 1.165) is 11.1 Å². The summed E-state index contributed by atoms with van der Waals surface area (Å²) >= 11 is 5.90. The lowest BCUT2D eigenvalue weighted by molar-refractivity contribution is -0.139. The number of aromatic nitrogens is 1. The van der Waals surface area contributed by atoms with Crippen LogP contribution in [-0.4, -0.2) is 18.1 Å². The molecule has 0 saturated heterocycles. The van der Waals surface area contributed by atoms with E-state index in [9.17, 15) is 4.79 Å². The van der Waals surface area contributed by atoms with Crippen LogP contribution >= 0.6 is 11.6 Å². The van der Waals surface area contributed by atoms with Crippen LogP contribution in [0.25, 0.3) is 6.08 Å². The average Bonchev–Trinajstić information content (AvgIpc) is 2.22. The van der Waals surface area contributed by atoms with Gasteiger partial charge in [0, 0.05) is 11.8 Å². The molecular weight excluding hydrogens is 214 g/mol. The van der Waals surface area contributed by atoms with Gasteiger partial charge in [0.05, 0.1) is 13.5 Å². The van der Waals surface area contributed by atoms with Crippen molar-refractivity contribution in [1.29, 1.82) is 0 Å². The van der Waals surface area contributed by atoms with E-state index in [1.54, 1.807) is 18.3 Å². The van der Waals surface area contributed by atoms with Crippen LogP contribution < -0.4 is 0 Å². The first kappa shape index (κ1) is 11.7. The number of esters is 1. The molecule has 15 heavy (non-hydrogen) atoms. The number of hydrogen-bond donors (Lipinski definition) is 0. The molecule has 0 radical (unpaired) electrons. The number of methoxy groups -OCH3 is 1. The van der Waals surface area contributed by atoms with Crippen molar-refractivity contribution in [3.05, 3.63) is 34.6 Å². The fourth-order valence-corrected chi connectivity index (χ4v) is 1.36. The topological polar surface area (TPSA) is 39.2 Å². The fourth-order valence-electron chi connectivity index (χ4n) is 1.09. The molecule has 0 aromatic carbocycles. The Hall–Kier alpha value is -1.35. The molecule has 0 fully saturated rings. The Balaban J connectivity index is 2.76. The van der Waals surface area contributed by atoms with Gasteiger partial charge in [0.1, 0.15) is 5.15 Å². The third-order valence-electron chi connectivity index (χ3n) is 1.96. The molecule has 1 heterocycles. The third-order valence-corrected chi connectivity index (χ3v) is 2.26. The van der Waals surface area contributed by atoms with Crippen molar-refractivity contribution >= 4 is 23.6 Å². The Morgan fingerprint density at radius 3 is 3.00 bits per heavy atom. The number of hydrogen-bond acceptors (Lipinski definition) is 3. The molecule has 1 aromatic rings. The summed E-state index contributed by atoms with van der Waals surface area (Å²) in [5.74, 6) is -0.274. The molecule has 0 aliphatic heterocycles. The third kappa shape index (κ3) is 3.36. The van der Waals surface area contributed by atoms with Crippen molar-refractivity contribution in [3.8, 4) is 0 Å². The minimum atomic E-state index is -0.274. The van der Waals surface area contributed by atoms with E-state index in [1.807, 2.05) is 13.0 Å². The van der Waals surface area contributed by atoms with Gasteiger partial charge in [-0.1, -0.05) is 23.8 Å². The van der Waals surface area contributed by atoms with Crippen molar-refractivity contribution in [1.82, 2.24) is 4.98 Å².